The Morgan fingerprint density at radius 3 is 1.95 bits per heavy atom. The van der Waals surface area contributed by atoms with Crippen LogP contribution in [0.15, 0.2) is 53.3 Å². The minimum atomic E-state index is -0.915. The molecule has 0 bridgehead atoms. The number of aromatic nitrogens is 5. The van der Waals surface area contributed by atoms with Crippen LogP contribution in [0.1, 0.15) is 115 Å². The zero-order valence-corrected chi connectivity index (χ0v) is 36.3. The van der Waals surface area contributed by atoms with E-state index >= 15 is 4.39 Å². The van der Waals surface area contributed by atoms with Crippen LogP contribution >= 0.6 is 0 Å². The topological polar surface area (TPSA) is 197 Å². The van der Waals surface area contributed by atoms with Gasteiger partial charge in [-0.3, -0.25) is 28.5 Å². The highest BCUT2D eigenvalue weighted by atomic mass is 19.1. The summed E-state index contributed by atoms with van der Waals surface area (Å²) in [4.78, 5) is 56.5. The molecule has 4 saturated carbocycles. The third kappa shape index (κ3) is 9.51. The van der Waals surface area contributed by atoms with Crippen LogP contribution < -0.4 is 21.3 Å². The van der Waals surface area contributed by atoms with Gasteiger partial charge in [-0.05, 0) is 148 Å². The van der Waals surface area contributed by atoms with Crippen LogP contribution in [0.3, 0.4) is 0 Å². The van der Waals surface area contributed by atoms with Crippen LogP contribution in [0.25, 0.3) is 0 Å². The molecule has 16 nitrogen and oxygen atoms in total. The molecular weight excluding hydrogens is 822 g/mol. The van der Waals surface area contributed by atoms with Crippen LogP contribution in [0.5, 0.6) is 0 Å². The monoisotopic (exact) mass is 879 g/mol. The highest BCUT2D eigenvalue weighted by Gasteiger charge is 2.54. The number of rotatable bonds is 18. The van der Waals surface area contributed by atoms with E-state index < -0.39 is 23.9 Å². The second-order valence-electron chi connectivity index (χ2n) is 19.1. The van der Waals surface area contributed by atoms with E-state index in [1.54, 1.807) is 48.3 Å². The predicted molar refractivity (Wildman–Crippen MR) is 230 cm³/mol. The zero-order chi connectivity index (χ0) is 43.9. The lowest BCUT2D eigenvalue weighted by atomic mass is 9.87. The number of aryl methyl sites for hydroxylation is 1. The molecular formula is C47H58FN9O7. The summed E-state index contributed by atoms with van der Waals surface area (Å²) in [5.74, 6) is 0.261. The Bertz CT molecular complexity index is 2330. The van der Waals surface area contributed by atoms with Crippen molar-refractivity contribution in [2.24, 2.45) is 48.5 Å². The number of carbonyl (C=O) groups is 4. The van der Waals surface area contributed by atoms with Gasteiger partial charge in [0.2, 0.25) is 11.8 Å². The Kier molecular flexibility index (Phi) is 12.1. The molecule has 5 atom stereocenters. The number of benzene rings is 1. The Morgan fingerprint density at radius 2 is 1.31 bits per heavy atom. The Morgan fingerprint density at radius 1 is 0.719 bits per heavy atom. The van der Waals surface area contributed by atoms with Crippen molar-refractivity contribution in [3.05, 3.63) is 77.3 Å². The third-order valence-electron chi connectivity index (χ3n) is 14.6. The maximum Gasteiger partial charge on any atom is 0.270 e. The molecule has 5 heterocycles. The first-order chi connectivity index (χ1) is 31.2. The van der Waals surface area contributed by atoms with Crippen molar-refractivity contribution >= 4 is 35.1 Å². The van der Waals surface area contributed by atoms with Crippen LogP contribution in [-0.2, 0) is 32.7 Å². The first kappa shape index (κ1) is 42.5. The molecule has 2 aliphatic heterocycles. The molecule has 6 aliphatic rings. The lowest BCUT2D eigenvalue weighted by molar-refractivity contribution is -0.120. The van der Waals surface area contributed by atoms with E-state index in [-0.39, 0.29) is 59.1 Å². The van der Waals surface area contributed by atoms with Gasteiger partial charge in [-0.25, -0.2) is 4.39 Å². The van der Waals surface area contributed by atoms with E-state index in [4.69, 9.17) is 14.0 Å². The molecule has 4 aromatic rings. The lowest BCUT2D eigenvalue weighted by Crippen LogP contribution is -2.50. The number of halogens is 1. The highest BCUT2D eigenvalue weighted by Crippen LogP contribution is 2.55. The third-order valence-corrected chi connectivity index (χ3v) is 14.6. The number of hydrogen-bond donors (Lipinski definition) is 4. The maximum atomic E-state index is 15.5. The maximum absolute atomic E-state index is 15.5. The lowest BCUT2D eigenvalue weighted by Gasteiger charge is -2.28. The molecule has 2 saturated heterocycles. The second-order valence-corrected chi connectivity index (χ2v) is 19.1. The van der Waals surface area contributed by atoms with Crippen molar-refractivity contribution in [3.63, 3.8) is 0 Å². The van der Waals surface area contributed by atoms with Gasteiger partial charge in [-0.15, -0.1) is 0 Å². The molecule has 4 amide bonds. The number of carbonyl (C=O) groups excluding carboxylic acids is 4. The fraction of sp³-hybridized carbons (Fsp3) is 0.596. The number of anilines is 2. The first-order valence-electron chi connectivity index (χ1n) is 23.3. The van der Waals surface area contributed by atoms with Gasteiger partial charge in [-0.2, -0.15) is 10.2 Å². The van der Waals surface area contributed by atoms with Crippen molar-refractivity contribution in [1.29, 1.82) is 0 Å². The average molecular weight is 880 g/mol. The molecule has 0 spiro atoms. The van der Waals surface area contributed by atoms with Crippen molar-refractivity contribution in [2.75, 3.05) is 37.1 Å². The first-order valence-corrected chi connectivity index (χ1v) is 23.3. The van der Waals surface area contributed by atoms with E-state index in [9.17, 15) is 19.2 Å². The van der Waals surface area contributed by atoms with Gasteiger partial charge in [-0.1, -0.05) is 11.2 Å². The van der Waals surface area contributed by atoms with Crippen molar-refractivity contribution in [1.82, 2.24) is 35.4 Å². The summed E-state index contributed by atoms with van der Waals surface area (Å²) in [7, 11) is 1.67. The molecule has 340 valence electrons. The number of nitrogens with zero attached hydrogens (tertiary/aromatic N) is 5. The molecule has 1 aromatic carbocycles. The van der Waals surface area contributed by atoms with Crippen molar-refractivity contribution in [2.45, 2.75) is 101 Å². The van der Waals surface area contributed by atoms with Crippen molar-refractivity contribution in [3.8, 4) is 0 Å². The average Bonchev–Trinajstić information content (AvgIpc) is 4.16. The molecule has 4 aliphatic carbocycles. The Labute approximate surface area is 371 Å². The van der Waals surface area contributed by atoms with Gasteiger partial charge >= 0.3 is 0 Å². The number of hydrogen-bond acceptors (Lipinski definition) is 10. The SMILES string of the molecule is Cn1nccc1C(=O)N[C@H](C(=O)Nc1ccc(C2CCOCC2)c(F)c1)C(C1CC1)C1CC1Cn1nccc1C(=O)N[C@H](C(=O)Nc1cc(C2CCOCC2)on1)C(C1CC1)C1CC1. The summed E-state index contributed by atoms with van der Waals surface area (Å²) in [5, 5.41) is 25.0. The standard InChI is InChI=1S/C47H58FN9O7/c1-56-36(10-16-49-56)44(58)54-43(46(60)51-32-8-9-33(35(48)23-32)26-12-18-62-19-13-26)41(30-6-7-30)34-22-31(34)25-57-37(11-17-50-57)45(59)53-42(40(28-2-3-28)29-4-5-29)47(61)52-39-24-38(64-55-39)27-14-20-63-21-15-27/h8-11,16-17,23-24,26-31,34,40-43H,2-7,12-15,18-22,25H2,1H3,(H,51,60)(H,53,59)(H,54,58)(H,52,55,61)/t31?,34?,41?,42-,43-/m0/s1. The summed E-state index contributed by atoms with van der Waals surface area (Å²) >= 11 is 0. The molecule has 64 heavy (non-hydrogen) atoms. The van der Waals surface area contributed by atoms with Crippen molar-refractivity contribution < 1.29 is 37.6 Å². The summed E-state index contributed by atoms with van der Waals surface area (Å²) in [6, 6.07) is 8.23. The van der Waals surface area contributed by atoms with E-state index in [2.05, 4.69) is 36.6 Å². The van der Waals surface area contributed by atoms with Gasteiger partial charge in [0.1, 0.15) is 35.0 Å². The molecule has 0 radical (unpaired) electrons. The predicted octanol–water partition coefficient (Wildman–Crippen LogP) is 5.80. The van der Waals surface area contributed by atoms with E-state index in [1.807, 2.05) is 0 Å². The Balaban J connectivity index is 0.840. The smallest absolute Gasteiger partial charge is 0.270 e. The fourth-order valence-electron chi connectivity index (χ4n) is 10.7. The van der Waals surface area contributed by atoms with Gasteiger partial charge in [0.25, 0.3) is 11.8 Å². The molecule has 10 rings (SSSR count). The minimum absolute atomic E-state index is 0.0142. The van der Waals surface area contributed by atoms with Crippen LogP contribution in [0, 0.1) is 47.2 Å². The molecule has 3 unspecified atom stereocenters. The van der Waals surface area contributed by atoms with E-state index in [0.29, 0.717) is 73.3 Å². The van der Waals surface area contributed by atoms with Gasteiger partial charge < -0.3 is 35.3 Å². The summed E-state index contributed by atoms with van der Waals surface area (Å²) in [6.45, 7) is 2.91. The molecule has 17 heteroatoms. The number of nitrogens with one attached hydrogen (secondary N) is 4. The fourth-order valence-corrected chi connectivity index (χ4v) is 10.7. The number of amides is 4. The van der Waals surface area contributed by atoms with Crippen LogP contribution in [-0.4, -0.2) is 86.9 Å². The summed E-state index contributed by atoms with van der Waals surface area (Å²) in [5.41, 5.74) is 1.61. The quantitative estimate of drug-likeness (QED) is 0.0948. The molecule has 3 aromatic heterocycles. The van der Waals surface area contributed by atoms with Crippen LogP contribution in [0.4, 0.5) is 15.9 Å². The molecule has 4 N–H and O–H groups in total. The number of ether oxygens (including phenoxy) is 2. The molecule has 6 fully saturated rings. The summed E-state index contributed by atoms with van der Waals surface area (Å²) < 4.78 is 35.3. The highest BCUT2D eigenvalue weighted by molar-refractivity contribution is 6.01. The van der Waals surface area contributed by atoms with E-state index in [0.717, 1.165) is 76.4 Å². The minimum Gasteiger partial charge on any atom is -0.381 e. The second kappa shape index (κ2) is 18.2. The van der Waals surface area contributed by atoms with Gasteiger partial charge in [0.15, 0.2) is 5.82 Å². The normalized spacial score (nSPS) is 23.0. The van der Waals surface area contributed by atoms with Gasteiger partial charge in [0, 0.05) is 70.1 Å². The van der Waals surface area contributed by atoms with Crippen LogP contribution in [0.2, 0.25) is 0 Å². The van der Waals surface area contributed by atoms with E-state index in [1.165, 1.54) is 16.9 Å². The van der Waals surface area contributed by atoms with Gasteiger partial charge in [0.05, 0.1) is 0 Å². The Hall–Kier alpha value is -5.42. The largest absolute Gasteiger partial charge is 0.381 e. The summed E-state index contributed by atoms with van der Waals surface area (Å²) in [6.07, 6.45) is 13.0. The zero-order valence-electron chi connectivity index (χ0n) is 36.3.